The van der Waals surface area contributed by atoms with E-state index in [-0.39, 0.29) is 5.41 Å². The largest absolute Gasteiger partial charge is 0.490 e. The van der Waals surface area contributed by atoms with Crippen LogP contribution in [-0.2, 0) is 5.41 Å². The summed E-state index contributed by atoms with van der Waals surface area (Å²) in [6.45, 7) is 7.70. The van der Waals surface area contributed by atoms with Crippen LogP contribution in [-0.4, -0.2) is 19.5 Å². The van der Waals surface area contributed by atoms with Crippen LogP contribution in [0.15, 0.2) is 53.4 Å². The van der Waals surface area contributed by atoms with Crippen molar-refractivity contribution in [3.8, 4) is 11.5 Å². The number of ether oxygens (including phenoxy) is 2. The predicted octanol–water partition coefficient (Wildman–Crippen LogP) is 5.16. The highest BCUT2D eigenvalue weighted by Gasteiger charge is 2.12. The van der Waals surface area contributed by atoms with Gasteiger partial charge in [0.1, 0.15) is 24.7 Å². The Morgan fingerprint density at radius 2 is 1.23 bits per heavy atom. The lowest BCUT2D eigenvalue weighted by atomic mass is 9.87. The fourth-order valence-electron chi connectivity index (χ4n) is 2.04. The van der Waals surface area contributed by atoms with Crippen molar-refractivity contribution in [2.75, 3.05) is 19.5 Å². The van der Waals surface area contributed by atoms with Gasteiger partial charge in [-0.15, -0.1) is 11.8 Å². The van der Waals surface area contributed by atoms with Gasteiger partial charge in [-0.1, -0.05) is 32.9 Å². The van der Waals surface area contributed by atoms with Gasteiger partial charge in [0.25, 0.3) is 0 Å². The van der Waals surface area contributed by atoms with Gasteiger partial charge in [-0.2, -0.15) is 0 Å². The molecule has 0 aromatic heterocycles. The van der Waals surface area contributed by atoms with Crippen molar-refractivity contribution in [2.45, 2.75) is 31.1 Å². The normalized spacial score (nSPS) is 11.3. The van der Waals surface area contributed by atoms with Crippen molar-refractivity contribution >= 4 is 11.8 Å². The van der Waals surface area contributed by atoms with Gasteiger partial charge in [0.2, 0.25) is 0 Å². The Bertz CT molecular complexity index is 568. The Kier molecular flexibility index (Phi) is 5.78. The molecular weight excluding hydrogens is 292 g/mol. The molecule has 2 nitrogen and oxygen atoms in total. The molecule has 0 atom stereocenters. The van der Waals surface area contributed by atoms with Crippen LogP contribution in [0.2, 0.25) is 0 Å². The average molecular weight is 316 g/mol. The van der Waals surface area contributed by atoms with Gasteiger partial charge in [0.05, 0.1) is 0 Å². The molecule has 3 heteroatoms. The highest BCUT2D eigenvalue weighted by molar-refractivity contribution is 7.98. The molecule has 0 saturated heterocycles. The number of thioether (sulfide) groups is 1. The summed E-state index contributed by atoms with van der Waals surface area (Å²) >= 11 is 1.73. The molecule has 0 spiro atoms. The second-order valence-corrected chi connectivity index (χ2v) is 7.03. The first kappa shape index (κ1) is 16.8. The molecule has 0 N–H and O–H groups in total. The quantitative estimate of drug-likeness (QED) is 0.541. The predicted molar refractivity (Wildman–Crippen MR) is 94.4 cm³/mol. The summed E-state index contributed by atoms with van der Waals surface area (Å²) < 4.78 is 11.4. The van der Waals surface area contributed by atoms with Crippen LogP contribution in [0.3, 0.4) is 0 Å². The molecule has 22 heavy (non-hydrogen) atoms. The van der Waals surface area contributed by atoms with Crippen molar-refractivity contribution in [1.29, 1.82) is 0 Å². The summed E-state index contributed by atoms with van der Waals surface area (Å²) in [6.07, 6.45) is 2.06. The van der Waals surface area contributed by atoms with Crippen LogP contribution in [0, 0.1) is 0 Å². The van der Waals surface area contributed by atoms with Gasteiger partial charge in [-0.3, -0.25) is 0 Å². The van der Waals surface area contributed by atoms with Gasteiger partial charge in [-0.25, -0.2) is 0 Å². The van der Waals surface area contributed by atoms with Crippen LogP contribution in [0.25, 0.3) is 0 Å². The van der Waals surface area contributed by atoms with Crippen molar-refractivity contribution < 1.29 is 9.47 Å². The zero-order valence-corrected chi connectivity index (χ0v) is 14.6. The maximum atomic E-state index is 5.71. The molecule has 0 heterocycles. The van der Waals surface area contributed by atoms with Gasteiger partial charge in [-0.05, 0) is 53.6 Å². The minimum Gasteiger partial charge on any atom is -0.490 e. The number of hydrogen-bond donors (Lipinski definition) is 0. The molecule has 0 aliphatic rings. The van der Waals surface area contributed by atoms with Crippen molar-refractivity contribution in [1.82, 2.24) is 0 Å². The third-order valence-electron chi connectivity index (χ3n) is 3.40. The van der Waals surface area contributed by atoms with Crippen LogP contribution < -0.4 is 9.47 Å². The van der Waals surface area contributed by atoms with E-state index in [4.69, 9.17) is 9.47 Å². The molecular formula is C19H24O2S. The molecule has 118 valence electrons. The summed E-state index contributed by atoms with van der Waals surface area (Å²) in [5.74, 6) is 1.76. The van der Waals surface area contributed by atoms with Gasteiger partial charge < -0.3 is 9.47 Å². The van der Waals surface area contributed by atoms with E-state index in [1.54, 1.807) is 11.8 Å². The fourth-order valence-corrected chi connectivity index (χ4v) is 2.45. The summed E-state index contributed by atoms with van der Waals surface area (Å²) in [5, 5.41) is 0. The Labute approximate surface area is 137 Å². The third-order valence-corrected chi connectivity index (χ3v) is 4.14. The Balaban J connectivity index is 1.76. The molecule has 0 amide bonds. The first-order valence-corrected chi connectivity index (χ1v) is 8.72. The van der Waals surface area contributed by atoms with Gasteiger partial charge in [0, 0.05) is 4.90 Å². The molecule has 0 aliphatic carbocycles. The van der Waals surface area contributed by atoms with Gasteiger partial charge in [0.15, 0.2) is 0 Å². The van der Waals surface area contributed by atoms with E-state index in [1.807, 2.05) is 24.3 Å². The molecule has 0 saturated carbocycles. The van der Waals surface area contributed by atoms with E-state index in [2.05, 4.69) is 51.3 Å². The number of rotatable bonds is 6. The molecule has 0 unspecified atom stereocenters. The minimum absolute atomic E-state index is 0.171. The summed E-state index contributed by atoms with van der Waals surface area (Å²) in [7, 11) is 0. The third kappa shape index (κ3) is 4.99. The second-order valence-electron chi connectivity index (χ2n) is 6.15. The molecule has 0 bridgehead atoms. The zero-order valence-electron chi connectivity index (χ0n) is 13.8. The minimum atomic E-state index is 0.171. The van der Waals surface area contributed by atoms with Crippen molar-refractivity contribution in [2.24, 2.45) is 0 Å². The van der Waals surface area contributed by atoms with Crippen molar-refractivity contribution in [3.63, 3.8) is 0 Å². The second kappa shape index (κ2) is 7.59. The van der Waals surface area contributed by atoms with E-state index in [0.717, 1.165) is 11.5 Å². The van der Waals surface area contributed by atoms with Crippen LogP contribution in [0.4, 0.5) is 0 Å². The van der Waals surface area contributed by atoms with Crippen LogP contribution in [0.5, 0.6) is 11.5 Å². The number of benzene rings is 2. The lowest BCUT2D eigenvalue weighted by Crippen LogP contribution is -2.11. The van der Waals surface area contributed by atoms with Crippen LogP contribution >= 0.6 is 11.8 Å². The Morgan fingerprint density at radius 1 is 0.773 bits per heavy atom. The van der Waals surface area contributed by atoms with E-state index in [0.29, 0.717) is 13.2 Å². The molecule has 2 rings (SSSR count). The summed E-state index contributed by atoms with van der Waals surface area (Å²) in [5.41, 5.74) is 1.48. The molecule has 0 aliphatic heterocycles. The summed E-state index contributed by atoms with van der Waals surface area (Å²) in [6, 6.07) is 16.4. The smallest absolute Gasteiger partial charge is 0.122 e. The molecule has 0 radical (unpaired) electrons. The van der Waals surface area contributed by atoms with E-state index >= 15 is 0 Å². The highest BCUT2D eigenvalue weighted by Crippen LogP contribution is 2.24. The number of hydrogen-bond acceptors (Lipinski definition) is 3. The lowest BCUT2D eigenvalue weighted by molar-refractivity contribution is 0.217. The SMILES string of the molecule is CSc1ccc(OCCOc2ccc(C(C)(C)C)cc2)cc1. The zero-order chi connectivity index (χ0) is 16.0. The first-order chi connectivity index (χ1) is 10.5. The van der Waals surface area contributed by atoms with E-state index in [9.17, 15) is 0 Å². The monoisotopic (exact) mass is 316 g/mol. The van der Waals surface area contributed by atoms with Gasteiger partial charge >= 0.3 is 0 Å². The fraction of sp³-hybridized carbons (Fsp3) is 0.368. The maximum absolute atomic E-state index is 5.71. The standard InChI is InChI=1S/C19H24O2S/c1-19(2,3)15-5-7-16(8-6-15)20-13-14-21-17-9-11-18(22-4)12-10-17/h5-12H,13-14H2,1-4H3. The van der Waals surface area contributed by atoms with Crippen LogP contribution in [0.1, 0.15) is 26.3 Å². The Hall–Kier alpha value is -1.61. The van der Waals surface area contributed by atoms with E-state index < -0.39 is 0 Å². The van der Waals surface area contributed by atoms with E-state index in [1.165, 1.54) is 10.5 Å². The Morgan fingerprint density at radius 3 is 1.64 bits per heavy atom. The first-order valence-electron chi connectivity index (χ1n) is 7.49. The van der Waals surface area contributed by atoms with Crippen molar-refractivity contribution in [3.05, 3.63) is 54.1 Å². The lowest BCUT2D eigenvalue weighted by Gasteiger charge is -2.19. The highest BCUT2D eigenvalue weighted by atomic mass is 32.2. The molecule has 2 aromatic carbocycles. The summed E-state index contributed by atoms with van der Waals surface area (Å²) in [4.78, 5) is 1.24. The maximum Gasteiger partial charge on any atom is 0.122 e. The average Bonchev–Trinajstić information content (AvgIpc) is 2.52. The topological polar surface area (TPSA) is 18.5 Å². The molecule has 0 fully saturated rings. The molecule has 2 aromatic rings.